The van der Waals surface area contributed by atoms with E-state index < -0.39 is 5.76 Å². The van der Waals surface area contributed by atoms with Crippen LogP contribution in [0.2, 0.25) is 5.02 Å². The predicted octanol–water partition coefficient (Wildman–Crippen LogP) is 5.78. The van der Waals surface area contributed by atoms with Crippen LogP contribution in [-0.4, -0.2) is 10.1 Å². The van der Waals surface area contributed by atoms with Gasteiger partial charge >= 0.3 is 5.76 Å². The van der Waals surface area contributed by atoms with Gasteiger partial charge in [0, 0.05) is 12.0 Å². The Morgan fingerprint density at radius 2 is 1.88 bits per heavy atom. The first-order valence-corrected chi connectivity index (χ1v) is 10.6. The maximum atomic E-state index is 11.4. The number of oxazole rings is 1. The van der Waals surface area contributed by atoms with Crippen molar-refractivity contribution in [3.05, 3.63) is 105 Å². The summed E-state index contributed by atoms with van der Waals surface area (Å²) in [5, 5.41) is 10.4. The molecule has 1 aliphatic rings. The number of ether oxygens (including phenoxy) is 2. The highest BCUT2D eigenvalue weighted by Gasteiger charge is 2.30. The maximum absolute atomic E-state index is 11.4. The van der Waals surface area contributed by atoms with Crippen LogP contribution in [0.5, 0.6) is 23.1 Å². The fraction of sp³-hybridized carbons (Fsp3) is 0.160. The molecule has 2 N–H and O–H groups in total. The molecule has 0 unspecified atom stereocenters. The van der Waals surface area contributed by atoms with Crippen molar-refractivity contribution in [1.29, 1.82) is 0 Å². The van der Waals surface area contributed by atoms with E-state index in [0.717, 1.165) is 29.5 Å². The Morgan fingerprint density at radius 3 is 2.62 bits per heavy atom. The number of halogens is 1. The Kier molecular flexibility index (Phi) is 5.37. The van der Waals surface area contributed by atoms with Crippen molar-refractivity contribution in [2.75, 3.05) is 0 Å². The average molecular weight is 450 g/mol. The number of aryl methyl sites for hydroxylation is 1. The summed E-state index contributed by atoms with van der Waals surface area (Å²) in [7, 11) is 0. The number of H-pyrrole nitrogens is 1. The van der Waals surface area contributed by atoms with Crippen LogP contribution in [-0.2, 0) is 13.0 Å². The molecule has 0 amide bonds. The molecule has 0 saturated carbocycles. The number of benzene rings is 3. The van der Waals surface area contributed by atoms with E-state index in [0.29, 0.717) is 28.9 Å². The zero-order valence-corrected chi connectivity index (χ0v) is 17.8. The number of hydrogen-bond donors (Lipinski definition) is 2. The van der Waals surface area contributed by atoms with Crippen LogP contribution in [0.4, 0.5) is 0 Å². The molecule has 6 nitrogen and oxygen atoms in total. The first kappa shape index (κ1) is 20.3. The van der Waals surface area contributed by atoms with Crippen molar-refractivity contribution in [2.24, 2.45) is 0 Å². The minimum Gasteiger partial charge on any atom is -0.492 e. The van der Waals surface area contributed by atoms with E-state index in [1.807, 2.05) is 54.6 Å². The van der Waals surface area contributed by atoms with Crippen LogP contribution in [0.15, 0.2) is 75.9 Å². The van der Waals surface area contributed by atoms with E-state index >= 15 is 0 Å². The zero-order chi connectivity index (χ0) is 22.1. The lowest BCUT2D eigenvalue weighted by Gasteiger charge is -2.12. The van der Waals surface area contributed by atoms with Gasteiger partial charge in [-0.15, -0.1) is 0 Å². The first-order chi connectivity index (χ1) is 15.6. The molecule has 0 fully saturated rings. The largest absolute Gasteiger partial charge is 0.492 e. The van der Waals surface area contributed by atoms with E-state index in [4.69, 9.17) is 25.5 Å². The van der Waals surface area contributed by atoms with Crippen molar-refractivity contribution in [3.63, 3.8) is 0 Å². The molecule has 3 aromatic carbocycles. The normalized spacial score (nSPS) is 14.8. The molecule has 5 rings (SSSR count). The number of aromatic amines is 1. The Morgan fingerprint density at radius 1 is 1.06 bits per heavy atom. The molecule has 4 aromatic rings. The molecule has 0 radical (unpaired) electrons. The maximum Gasteiger partial charge on any atom is 0.419 e. The summed E-state index contributed by atoms with van der Waals surface area (Å²) in [5.41, 5.74) is 3.16. The van der Waals surface area contributed by atoms with E-state index in [1.54, 1.807) is 12.1 Å². The summed E-state index contributed by atoms with van der Waals surface area (Å²) in [5.74, 6) is 1.09. The summed E-state index contributed by atoms with van der Waals surface area (Å²) in [6.07, 6.45) is 1.52. The summed E-state index contributed by atoms with van der Waals surface area (Å²) >= 11 is 6.42. The molecule has 1 aromatic heterocycles. The van der Waals surface area contributed by atoms with Gasteiger partial charge in [0.25, 0.3) is 0 Å². The fourth-order valence-electron chi connectivity index (χ4n) is 4.02. The smallest absolute Gasteiger partial charge is 0.419 e. The summed E-state index contributed by atoms with van der Waals surface area (Å²) in [6.45, 7) is 0.459. The van der Waals surface area contributed by atoms with Crippen molar-refractivity contribution in [1.82, 2.24) is 4.98 Å². The molecule has 0 spiro atoms. The molecule has 1 atom stereocenters. The van der Waals surface area contributed by atoms with Crippen LogP contribution in [0.1, 0.15) is 34.8 Å². The van der Waals surface area contributed by atoms with Crippen molar-refractivity contribution < 1.29 is 19.0 Å². The lowest BCUT2D eigenvalue weighted by Crippen LogP contribution is -1.97. The van der Waals surface area contributed by atoms with Crippen molar-refractivity contribution in [3.8, 4) is 23.1 Å². The molecule has 1 aliphatic carbocycles. The summed E-state index contributed by atoms with van der Waals surface area (Å²) in [4.78, 5) is 13.7. The van der Waals surface area contributed by atoms with Gasteiger partial charge in [-0.05, 0) is 53.8 Å². The van der Waals surface area contributed by atoms with E-state index in [2.05, 4.69) is 4.98 Å². The van der Waals surface area contributed by atoms with E-state index in [-0.39, 0.29) is 17.6 Å². The standard InChI is InChI=1S/C25H20ClNO5/c26-21-13-17(30-14-15-4-2-1-3-5-15)8-11-22(21)31-18-7-10-19-16(12-18)6-9-20(19)23-24(28)27-25(29)32-23/h1-5,7-8,10-13,20,28H,6,9,14H2,(H,27,29)/t20-/m1/s1. The second-order valence-corrected chi connectivity index (χ2v) is 8.06. The highest BCUT2D eigenvalue weighted by atomic mass is 35.5. The Bertz CT molecular complexity index is 1310. The Hall–Kier alpha value is -3.64. The molecular formula is C25H20ClNO5. The molecule has 0 saturated heterocycles. The van der Waals surface area contributed by atoms with Crippen LogP contribution >= 0.6 is 11.6 Å². The Labute approximate surface area is 189 Å². The number of hydrogen-bond acceptors (Lipinski definition) is 5. The molecule has 0 aliphatic heterocycles. The molecule has 32 heavy (non-hydrogen) atoms. The lowest BCUT2D eigenvalue weighted by molar-refractivity contribution is 0.306. The lowest BCUT2D eigenvalue weighted by atomic mass is 9.99. The van der Waals surface area contributed by atoms with Crippen LogP contribution in [0, 0.1) is 0 Å². The minimum absolute atomic E-state index is 0.164. The molecular weight excluding hydrogens is 430 g/mol. The minimum atomic E-state index is -0.656. The quantitative estimate of drug-likeness (QED) is 0.390. The van der Waals surface area contributed by atoms with Crippen molar-refractivity contribution >= 4 is 11.6 Å². The SMILES string of the molecule is O=c1[nH]c(O)c([C@@H]2CCc3cc(Oc4ccc(OCc5ccccc5)cc4Cl)ccc32)o1. The molecule has 162 valence electrons. The first-order valence-electron chi connectivity index (χ1n) is 10.3. The number of aromatic nitrogens is 1. The zero-order valence-electron chi connectivity index (χ0n) is 17.0. The van der Waals surface area contributed by atoms with Crippen LogP contribution < -0.4 is 15.2 Å². The predicted molar refractivity (Wildman–Crippen MR) is 120 cm³/mol. The van der Waals surface area contributed by atoms with Gasteiger partial charge in [0.15, 0.2) is 5.76 Å². The molecule has 7 heteroatoms. The van der Waals surface area contributed by atoms with Gasteiger partial charge in [0.2, 0.25) is 5.88 Å². The van der Waals surface area contributed by atoms with Gasteiger partial charge in [-0.3, -0.25) is 4.98 Å². The third kappa shape index (κ3) is 4.09. The number of nitrogens with one attached hydrogen (secondary N) is 1. The van der Waals surface area contributed by atoms with Gasteiger partial charge in [0.05, 0.1) is 5.02 Å². The van der Waals surface area contributed by atoms with Crippen LogP contribution in [0.3, 0.4) is 0 Å². The topological polar surface area (TPSA) is 84.7 Å². The van der Waals surface area contributed by atoms with E-state index in [9.17, 15) is 9.90 Å². The van der Waals surface area contributed by atoms with Crippen molar-refractivity contribution in [2.45, 2.75) is 25.4 Å². The number of rotatable bonds is 6. The highest BCUT2D eigenvalue weighted by molar-refractivity contribution is 6.32. The molecule has 1 heterocycles. The summed E-state index contributed by atoms with van der Waals surface area (Å²) < 4.78 is 16.9. The third-order valence-electron chi connectivity index (χ3n) is 5.54. The summed E-state index contributed by atoms with van der Waals surface area (Å²) in [6, 6.07) is 21.0. The highest BCUT2D eigenvalue weighted by Crippen LogP contribution is 2.42. The van der Waals surface area contributed by atoms with Gasteiger partial charge in [-0.2, -0.15) is 0 Å². The van der Waals surface area contributed by atoms with Gasteiger partial charge in [-0.25, -0.2) is 4.79 Å². The molecule has 0 bridgehead atoms. The van der Waals surface area contributed by atoms with E-state index in [1.165, 1.54) is 0 Å². The Balaban J connectivity index is 1.29. The third-order valence-corrected chi connectivity index (χ3v) is 5.84. The fourth-order valence-corrected chi connectivity index (χ4v) is 4.23. The van der Waals surface area contributed by atoms with Gasteiger partial charge in [0.1, 0.15) is 23.9 Å². The van der Waals surface area contributed by atoms with Gasteiger partial charge in [-0.1, -0.05) is 48.0 Å². The second kappa shape index (κ2) is 8.48. The monoisotopic (exact) mass is 449 g/mol. The van der Waals surface area contributed by atoms with Crippen LogP contribution in [0.25, 0.3) is 0 Å². The second-order valence-electron chi connectivity index (χ2n) is 7.65. The van der Waals surface area contributed by atoms with Gasteiger partial charge < -0.3 is 19.0 Å². The number of fused-ring (bicyclic) bond motifs is 1. The number of aromatic hydroxyl groups is 1. The average Bonchev–Trinajstić information content (AvgIpc) is 3.36.